The van der Waals surface area contributed by atoms with Crippen molar-refractivity contribution in [2.24, 2.45) is 0 Å². The Bertz CT molecular complexity index is 453. The van der Waals surface area contributed by atoms with Crippen LogP contribution in [-0.2, 0) is 10.8 Å². The summed E-state index contributed by atoms with van der Waals surface area (Å²) in [5.74, 6) is -0.369. The number of hydrogen-bond acceptors (Lipinski definition) is 4. The summed E-state index contributed by atoms with van der Waals surface area (Å²) in [7, 11) is -0.940. The van der Waals surface area contributed by atoms with E-state index in [1.54, 1.807) is 6.26 Å². The SMILES string of the molecule is CC(CS(C)=O)Nc1nccc(C(=O)O)c1Cl. The van der Waals surface area contributed by atoms with Crippen LogP contribution in [0.4, 0.5) is 5.82 Å². The fraction of sp³-hybridized carbons (Fsp3) is 0.400. The number of halogens is 1. The summed E-state index contributed by atoms with van der Waals surface area (Å²) in [5, 5.41) is 11.9. The minimum absolute atomic E-state index is 0.00557. The quantitative estimate of drug-likeness (QED) is 0.854. The maximum Gasteiger partial charge on any atom is 0.337 e. The zero-order valence-corrected chi connectivity index (χ0v) is 11.0. The Morgan fingerprint density at radius 2 is 2.35 bits per heavy atom. The highest BCUT2D eigenvalue weighted by atomic mass is 35.5. The lowest BCUT2D eigenvalue weighted by Crippen LogP contribution is -2.23. The van der Waals surface area contributed by atoms with Crippen molar-refractivity contribution in [2.75, 3.05) is 17.3 Å². The summed E-state index contributed by atoms with van der Waals surface area (Å²) >= 11 is 5.90. The van der Waals surface area contributed by atoms with E-state index in [0.717, 1.165) is 0 Å². The fourth-order valence-corrected chi connectivity index (χ4v) is 2.37. The average Bonchev–Trinajstić information content (AvgIpc) is 2.19. The molecule has 2 N–H and O–H groups in total. The molecule has 0 bridgehead atoms. The number of nitrogens with zero attached hydrogens (tertiary/aromatic N) is 1. The largest absolute Gasteiger partial charge is 0.478 e. The molecule has 5 nitrogen and oxygen atoms in total. The molecule has 0 aliphatic heterocycles. The van der Waals surface area contributed by atoms with E-state index in [9.17, 15) is 9.00 Å². The number of aromatic nitrogens is 1. The van der Waals surface area contributed by atoms with Gasteiger partial charge in [0.25, 0.3) is 0 Å². The van der Waals surface area contributed by atoms with Gasteiger partial charge in [-0.15, -0.1) is 0 Å². The molecule has 0 saturated heterocycles. The van der Waals surface area contributed by atoms with Crippen molar-refractivity contribution in [3.05, 3.63) is 22.8 Å². The predicted octanol–water partition coefficient (Wildman–Crippen LogP) is 1.61. The van der Waals surface area contributed by atoms with E-state index in [0.29, 0.717) is 11.6 Å². The van der Waals surface area contributed by atoms with Crippen LogP contribution in [0.25, 0.3) is 0 Å². The molecule has 2 atom stereocenters. The third kappa shape index (κ3) is 3.98. The Morgan fingerprint density at radius 3 is 2.88 bits per heavy atom. The second-order valence-corrected chi connectivity index (χ2v) is 5.47. The molecule has 94 valence electrons. The first kappa shape index (κ1) is 13.9. The van der Waals surface area contributed by atoms with Crippen LogP contribution in [0.5, 0.6) is 0 Å². The van der Waals surface area contributed by atoms with E-state index >= 15 is 0 Å². The number of pyridine rings is 1. The number of hydrogen-bond donors (Lipinski definition) is 2. The molecule has 1 heterocycles. The van der Waals surface area contributed by atoms with Crippen LogP contribution in [-0.4, -0.2) is 38.3 Å². The van der Waals surface area contributed by atoms with Gasteiger partial charge in [-0.3, -0.25) is 4.21 Å². The first-order valence-corrected chi connectivity index (χ1v) is 6.96. The van der Waals surface area contributed by atoms with Crippen LogP contribution in [0.15, 0.2) is 12.3 Å². The average molecular weight is 277 g/mol. The molecule has 1 aromatic rings. The molecular formula is C10H13ClN2O3S. The van der Waals surface area contributed by atoms with Crippen LogP contribution < -0.4 is 5.32 Å². The molecule has 7 heteroatoms. The Kier molecular flexibility index (Phi) is 4.89. The van der Waals surface area contributed by atoms with Gasteiger partial charge in [-0.1, -0.05) is 11.6 Å². The molecular weight excluding hydrogens is 264 g/mol. The van der Waals surface area contributed by atoms with Crippen molar-refractivity contribution in [2.45, 2.75) is 13.0 Å². The van der Waals surface area contributed by atoms with Gasteiger partial charge in [0, 0.05) is 35.0 Å². The van der Waals surface area contributed by atoms with Crippen molar-refractivity contribution in [1.29, 1.82) is 0 Å². The summed E-state index contributed by atoms with van der Waals surface area (Å²) in [6.45, 7) is 1.83. The lowest BCUT2D eigenvalue weighted by Gasteiger charge is -2.14. The molecule has 0 aliphatic carbocycles. The summed E-state index contributed by atoms with van der Waals surface area (Å²) in [6, 6.07) is 1.23. The number of nitrogens with one attached hydrogen (secondary N) is 1. The second-order valence-electron chi connectivity index (χ2n) is 3.61. The van der Waals surface area contributed by atoms with E-state index in [-0.39, 0.29) is 16.6 Å². The molecule has 0 saturated carbocycles. The van der Waals surface area contributed by atoms with Crippen LogP contribution in [0.3, 0.4) is 0 Å². The molecule has 0 amide bonds. The fourth-order valence-electron chi connectivity index (χ4n) is 1.34. The lowest BCUT2D eigenvalue weighted by molar-refractivity contribution is 0.0697. The summed E-state index contributed by atoms with van der Waals surface area (Å²) in [5.41, 5.74) is -0.00557. The first-order chi connectivity index (χ1) is 7.91. The smallest absolute Gasteiger partial charge is 0.337 e. The van der Waals surface area contributed by atoms with Crippen molar-refractivity contribution in [3.63, 3.8) is 0 Å². The van der Waals surface area contributed by atoms with E-state index in [2.05, 4.69) is 10.3 Å². The summed E-state index contributed by atoms with van der Waals surface area (Å²) < 4.78 is 11.0. The van der Waals surface area contributed by atoms with Gasteiger partial charge in [-0.25, -0.2) is 9.78 Å². The van der Waals surface area contributed by atoms with E-state index in [1.165, 1.54) is 12.3 Å². The molecule has 2 unspecified atom stereocenters. The van der Waals surface area contributed by atoms with Crippen LogP contribution in [0.2, 0.25) is 5.02 Å². The van der Waals surface area contributed by atoms with Gasteiger partial charge in [0.15, 0.2) is 0 Å². The normalized spacial score (nSPS) is 14.1. The van der Waals surface area contributed by atoms with Gasteiger partial charge in [-0.05, 0) is 13.0 Å². The topological polar surface area (TPSA) is 79.3 Å². The van der Waals surface area contributed by atoms with Gasteiger partial charge < -0.3 is 10.4 Å². The molecule has 0 fully saturated rings. The maximum absolute atomic E-state index is 11.0. The van der Waals surface area contributed by atoms with Crippen LogP contribution in [0, 0.1) is 0 Å². The Hall–Kier alpha value is -1.14. The molecule has 17 heavy (non-hydrogen) atoms. The predicted molar refractivity (Wildman–Crippen MR) is 68.2 cm³/mol. The number of anilines is 1. The summed E-state index contributed by atoms with van der Waals surface area (Å²) in [4.78, 5) is 14.8. The third-order valence-electron chi connectivity index (χ3n) is 1.99. The van der Waals surface area contributed by atoms with Crippen molar-refractivity contribution >= 4 is 34.2 Å². The van der Waals surface area contributed by atoms with Gasteiger partial charge in [0.2, 0.25) is 0 Å². The van der Waals surface area contributed by atoms with Crippen molar-refractivity contribution in [1.82, 2.24) is 4.98 Å². The third-order valence-corrected chi connectivity index (χ3v) is 3.34. The van der Waals surface area contributed by atoms with Gasteiger partial charge >= 0.3 is 5.97 Å². The number of aromatic carboxylic acids is 1. The van der Waals surface area contributed by atoms with Crippen molar-refractivity contribution in [3.8, 4) is 0 Å². The number of carbonyl (C=O) groups is 1. The molecule has 0 radical (unpaired) electrons. The van der Waals surface area contributed by atoms with E-state index in [1.807, 2.05) is 6.92 Å². The number of carboxylic acid groups (broad SMARTS) is 1. The summed E-state index contributed by atoms with van der Waals surface area (Å²) in [6.07, 6.45) is 2.97. The van der Waals surface area contributed by atoms with Gasteiger partial charge in [-0.2, -0.15) is 0 Å². The molecule has 0 spiro atoms. The number of carboxylic acids is 1. The monoisotopic (exact) mass is 276 g/mol. The Balaban J connectivity index is 2.88. The molecule has 1 aromatic heterocycles. The highest BCUT2D eigenvalue weighted by Crippen LogP contribution is 2.24. The van der Waals surface area contributed by atoms with Gasteiger partial charge in [0.05, 0.1) is 10.6 Å². The highest BCUT2D eigenvalue weighted by Gasteiger charge is 2.14. The molecule has 0 aliphatic rings. The van der Waals surface area contributed by atoms with Crippen LogP contribution in [0.1, 0.15) is 17.3 Å². The Labute approximate surface area is 107 Å². The first-order valence-electron chi connectivity index (χ1n) is 4.86. The van der Waals surface area contributed by atoms with Gasteiger partial charge in [0.1, 0.15) is 5.82 Å². The minimum atomic E-state index is -1.10. The zero-order valence-electron chi connectivity index (χ0n) is 9.44. The minimum Gasteiger partial charge on any atom is -0.478 e. The van der Waals surface area contributed by atoms with Crippen molar-refractivity contribution < 1.29 is 14.1 Å². The molecule has 0 aromatic carbocycles. The zero-order chi connectivity index (χ0) is 13.0. The number of rotatable bonds is 5. The maximum atomic E-state index is 11.0. The second kappa shape index (κ2) is 5.97. The molecule has 1 rings (SSSR count). The Morgan fingerprint density at radius 1 is 1.71 bits per heavy atom. The van der Waals surface area contributed by atoms with E-state index < -0.39 is 16.8 Å². The standard InChI is InChI=1S/C10H13ClN2O3S/c1-6(5-17(2)16)13-9-8(11)7(10(14)15)3-4-12-9/h3-4,6H,5H2,1-2H3,(H,12,13)(H,14,15). The lowest BCUT2D eigenvalue weighted by atomic mass is 10.2. The highest BCUT2D eigenvalue weighted by molar-refractivity contribution is 7.84. The van der Waals surface area contributed by atoms with E-state index in [4.69, 9.17) is 16.7 Å². The van der Waals surface area contributed by atoms with Crippen LogP contribution >= 0.6 is 11.6 Å².